The number of rotatable bonds is 6. The maximum atomic E-state index is 14.9. The number of methoxy groups -OCH3 is 1. The molecule has 1 aromatic carbocycles. The highest BCUT2D eigenvalue weighted by atomic mass is 19.3. The van der Waals surface area contributed by atoms with E-state index in [-0.39, 0.29) is 31.3 Å². The molecule has 1 aliphatic rings. The molecule has 0 unspecified atom stereocenters. The van der Waals surface area contributed by atoms with E-state index in [9.17, 15) is 18.0 Å². The molecule has 2 atom stereocenters. The summed E-state index contributed by atoms with van der Waals surface area (Å²) in [6.45, 7) is -2.71. The molecule has 1 amide bonds. The number of piperidine rings is 1. The summed E-state index contributed by atoms with van der Waals surface area (Å²) in [6, 6.07) is 5.71. The predicted molar refractivity (Wildman–Crippen MR) is 126 cm³/mol. The molecule has 5 rings (SSSR count). The summed E-state index contributed by atoms with van der Waals surface area (Å²) in [6.07, 6.45) is 0.295. The third kappa shape index (κ3) is 4.29. The highest BCUT2D eigenvalue weighted by Gasteiger charge is 2.45. The minimum Gasteiger partial charge on any atom is -0.479 e. The van der Waals surface area contributed by atoms with E-state index in [1.54, 1.807) is 18.3 Å². The summed E-state index contributed by atoms with van der Waals surface area (Å²) in [5.74, 6) is -4.75. The fourth-order valence-corrected chi connectivity index (χ4v) is 4.38. The molecule has 10 nitrogen and oxygen atoms in total. The Morgan fingerprint density at radius 2 is 2.22 bits per heavy atom. The molecule has 1 fully saturated rings. The lowest BCUT2D eigenvalue weighted by molar-refractivity contribution is -0.140. The Kier molecular flexibility index (Phi) is 5.05. The standard InChI is InChI=1S/C23H25F3N8O2/c1-13(24)11-34-18-10-15(4-5-17(18)29-31-34)16-6-9-33-20(16)21(36-3)28-22(30-33)27-19-7-8-32(14(2)35)12-23(19,25)26/h4-6,9-10,13,19H,7-8,11-12H2,1-3H3,(H,27,30)/t13-,19-/m1/s1/i2D3. The number of nitrogens with one attached hydrogen (secondary N) is 1. The zero-order chi connectivity index (χ0) is 28.1. The summed E-state index contributed by atoms with van der Waals surface area (Å²) in [4.78, 5) is 16.9. The van der Waals surface area contributed by atoms with Gasteiger partial charge in [-0.2, -0.15) is 4.98 Å². The van der Waals surface area contributed by atoms with Crippen LogP contribution in [0.15, 0.2) is 30.5 Å². The van der Waals surface area contributed by atoms with Gasteiger partial charge in [0.15, 0.2) is 0 Å². The number of carbonyl (C=O) groups is 1. The van der Waals surface area contributed by atoms with Gasteiger partial charge in [0.1, 0.15) is 17.2 Å². The first kappa shape index (κ1) is 20.3. The molecule has 0 bridgehead atoms. The molecule has 3 aromatic heterocycles. The number of fused-ring (bicyclic) bond motifs is 2. The fourth-order valence-electron chi connectivity index (χ4n) is 4.38. The number of amides is 1. The first-order valence-corrected chi connectivity index (χ1v) is 11.2. The van der Waals surface area contributed by atoms with Gasteiger partial charge in [-0.3, -0.25) is 4.79 Å². The molecule has 0 radical (unpaired) electrons. The van der Waals surface area contributed by atoms with Crippen LogP contribution in [0.4, 0.5) is 19.1 Å². The highest BCUT2D eigenvalue weighted by Crippen LogP contribution is 2.34. The number of nitrogens with zero attached hydrogens (tertiary/aromatic N) is 7. The number of anilines is 1. The van der Waals surface area contributed by atoms with E-state index in [4.69, 9.17) is 8.85 Å². The van der Waals surface area contributed by atoms with Gasteiger partial charge in [0.25, 0.3) is 5.92 Å². The van der Waals surface area contributed by atoms with E-state index in [1.807, 2.05) is 12.1 Å². The number of benzene rings is 1. The monoisotopic (exact) mass is 505 g/mol. The minimum atomic E-state index is -3.43. The van der Waals surface area contributed by atoms with Gasteiger partial charge >= 0.3 is 0 Å². The number of ether oxygens (including phenoxy) is 1. The van der Waals surface area contributed by atoms with Crippen molar-refractivity contribution in [2.45, 2.75) is 44.9 Å². The number of aromatic nitrogens is 6. The van der Waals surface area contributed by atoms with E-state index in [0.29, 0.717) is 27.0 Å². The molecular formula is C23H25F3N8O2. The number of hydrogen-bond donors (Lipinski definition) is 1. The Bertz CT molecular complexity index is 1540. The van der Waals surface area contributed by atoms with E-state index in [2.05, 4.69) is 25.7 Å². The molecule has 1 N–H and O–H groups in total. The molecule has 0 aliphatic carbocycles. The van der Waals surface area contributed by atoms with Crippen LogP contribution in [0.1, 0.15) is 24.3 Å². The van der Waals surface area contributed by atoms with Crippen molar-refractivity contribution < 1.29 is 26.8 Å². The van der Waals surface area contributed by atoms with Gasteiger partial charge in [0.2, 0.25) is 17.7 Å². The van der Waals surface area contributed by atoms with Gasteiger partial charge < -0.3 is 15.0 Å². The SMILES string of the molecule is [2H]C([2H])([2H])C(=O)N1CC[C@@H](Nc2nc(OC)c3c(-c4ccc5nnn(C[C@@H](C)F)c5c4)ccn3n2)C(F)(F)C1. The van der Waals surface area contributed by atoms with Gasteiger partial charge in [-0.05, 0) is 37.1 Å². The number of hydrogen-bond acceptors (Lipinski definition) is 7. The van der Waals surface area contributed by atoms with Crippen LogP contribution in [0.5, 0.6) is 5.88 Å². The summed E-state index contributed by atoms with van der Waals surface area (Å²) in [5.41, 5.74) is 3.14. The average molecular weight is 506 g/mol. The zero-order valence-corrected chi connectivity index (χ0v) is 19.5. The molecule has 4 heterocycles. The normalized spacial score (nSPS) is 20.1. The van der Waals surface area contributed by atoms with Crippen LogP contribution >= 0.6 is 0 Å². The Morgan fingerprint density at radius 1 is 1.39 bits per heavy atom. The third-order valence-electron chi connectivity index (χ3n) is 6.11. The van der Waals surface area contributed by atoms with Gasteiger partial charge in [-0.15, -0.1) is 10.2 Å². The lowest BCUT2D eigenvalue weighted by Crippen LogP contribution is -2.55. The van der Waals surface area contributed by atoms with Gasteiger partial charge in [0.05, 0.1) is 31.8 Å². The van der Waals surface area contributed by atoms with E-state index >= 15 is 0 Å². The fraction of sp³-hybridized carbons (Fsp3) is 0.435. The van der Waals surface area contributed by atoms with Crippen molar-refractivity contribution in [2.24, 2.45) is 0 Å². The molecule has 1 saturated heterocycles. The maximum absolute atomic E-state index is 14.9. The van der Waals surface area contributed by atoms with Crippen LogP contribution in [-0.4, -0.2) is 78.7 Å². The van der Waals surface area contributed by atoms with Crippen molar-refractivity contribution in [1.29, 1.82) is 0 Å². The summed E-state index contributed by atoms with van der Waals surface area (Å²) in [5, 5.41) is 15.0. The smallest absolute Gasteiger partial charge is 0.285 e. The Morgan fingerprint density at radius 3 is 2.94 bits per heavy atom. The molecule has 4 aromatic rings. The minimum absolute atomic E-state index is 0.0475. The van der Waals surface area contributed by atoms with E-state index < -0.39 is 37.4 Å². The van der Waals surface area contributed by atoms with Crippen molar-refractivity contribution in [1.82, 2.24) is 34.5 Å². The van der Waals surface area contributed by atoms with E-state index in [0.717, 1.165) is 5.56 Å². The molecule has 36 heavy (non-hydrogen) atoms. The van der Waals surface area contributed by atoms with Crippen molar-refractivity contribution in [3.63, 3.8) is 0 Å². The van der Waals surface area contributed by atoms with Crippen LogP contribution in [0.2, 0.25) is 0 Å². The third-order valence-corrected chi connectivity index (χ3v) is 6.11. The highest BCUT2D eigenvalue weighted by molar-refractivity contribution is 5.89. The zero-order valence-electron chi connectivity index (χ0n) is 22.5. The van der Waals surface area contributed by atoms with Crippen LogP contribution < -0.4 is 10.1 Å². The van der Waals surface area contributed by atoms with Crippen molar-refractivity contribution in [2.75, 3.05) is 25.5 Å². The van der Waals surface area contributed by atoms with Gasteiger partial charge in [0, 0.05) is 29.3 Å². The predicted octanol–water partition coefficient (Wildman–Crippen LogP) is 3.18. The number of alkyl halides is 3. The Labute approximate surface area is 208 Å². The van der Waals surface area contributed by atoms with E-state index in [1.165, 1.54) is 23.2 Å². The molecule has 1 aliphatic heterocycles. The largest absolute Gasteiger partial charge is 0.479 e. The molecule has 0 saturated carbocycles. The molecule has 190 valence electrons. The van der Waals surface area contributed by atoms with Gasteiger partial charge in [-0.1, -0.05) is 11.3 Å². The lowest BCUT2D eigenvalue weighted by Gasteiger charge is -2.38. The summed E-state index contributed by atoms with van der Waals surface area (Å²) >= 11 is 0. The van der Waals surface area contributed by atoms with Crippen molar-refractivity contribution >= 4 is 28.4 Å². The molecule has 13 heteroatoms. The van der Waals surface area contributed by atoms with Crippen LogP contribution in [0, 0.1) is 0 Å². The maximum Gasteiger partial charge on any atom is 0.285 e. The second-order valence-corrected chi connectivity index (χ2v) is 8.70. The molecule has 0 spiro atoms. The van der Waals surface area contributed by atoms with Crippen molar-refractivity contribution in [3.05, 3.63) is 30.5 Å². The topological polar surface area (TPSA) is 102 Å². The lowest BCUT2D eigenvalue weighted by atomic mass is 10.0. The Balaban J connectivity index is 1.43. The Hall–Kier alpha value is -3.90. The second-order valence-electron chi connectivity index (χ2n) is 8.70. The van der Waals surface area contributed by atoms with Crippen LogP contribution in [-0.2, 0) is 11.3 Å². The summed E-state index contributed by atoms with van der Waals surface area (Å²) < 4.78 is 73.5. The first-order chi connectivity index (χ1) is 18.4. The van der Waals surface area contributed by atoms with Crippen LogP contribution in [0.25, 0.3) is 27.7 Å². The number of likely N-dealkylation sites (tertiary alicyclic amines) is 1. The quantitative estimate of drug-likeness (QED) is 0.429. The summed E-state index contributed by atoms with van der Waals surface area (Å²) in [7, 11) is 1.39. The number of carbonyl (C=O) groups excluding carboxylic acids is 1. The average Bonchev–Trinajstić information content (AvgIpc) is 3.47. The number of halogens is 3. The second kappa shape index (κ2) is 8.95. The van der Waals surface area contributed by atoms with Gasteiger partial charge in [-0.25, -0.2) is 22.4 Å². The first-order valence-electron chi connectivity index (χ1n) is 12.7. The van der Waals surface area contributed by atoms with Crippen LogP contribution in [0.3, 0.4) is 0 Å². The molecular weight excluding hydrogens is 477 g/mol. The van der Waals surface area contributed by atoms with Crippen molar-refractivity contribution in [3.8, 4) is 17.0 Å².